The molecule has 0 aromatic carbocycles. The molecule has 10 nitrogen and oxygen atoms in total. The Morgan fingerprint density at radius 3 is 1.83 bits per heavy atom. The summed E-state index contributed by atoms with van der Waals surface area (Å²) < 4.78 is 30.5. The van der Waals surface area contributed by atoms with Gasteiger partial charge in [0.05, 0.1) is 13.2 Å². The lowest BCUT2D eigenvalue weighted by atomic mass is 10.1. The second-order valence-electron chi connectivity index (χ2n) is 6.66. The summed E-state index contributed by atoms with van der Waals surface area (Å²) in [4.78, 5) is 23.2. The highest BCUT2D eigenvalue weighted by molar-refractivity contribution is 5.67. The molecule has 0 rings (SSSR count). The Labute approximate surface area is 180 Å². The number of alkyl carbamates (subject to hydrolysis) is 2. The van der Waals surface area contributed by atoms with E-state index in [9.17, 15) is 9.59 Å². The van der Waals surface area contributed by atoms with Crippen LogP contribution >= 0.6 is 0 Å². The summed E-state index contributed by atoms with van der Waals surface area (Å²) in [5.74, 6) is 0. The molecular weight excluding hydrogens is 396 g/mol. The zero-order valence-corrected chi connectivity index (χ0v) is 18.7. The van der Waals surface area contributed by atoms with Crippen LogP contribution in [-0.2, 0) is 28.4 Å². The van der Waals surface area contributed by atoms with Crippen LogP contribution < -0.4 is 10.6 Å². The molecule has 1 unspecified atom stereocenters. The van der Waals surface area contributed by atoms with E-state index in [4.69, 9.17) is 28.4 Å². The van der Waals surface area contributed by atoms with Crippen molar-refractivity contribution < 1.29 is 38.0 Å². The molecule has 1 atom stereocenters. The Kier molecular flexibility index (Phi) is 20.9. The normalized spacial score (nSPS) is 11.7. The van der Waals surface area contributed by atoms with Crippen molar-refractivity contribution in [3.63, 3.8) is 0 Å². The minimum Gasteiger partial charge on any atom is -0.447 e. The standard InChI is InChI=1S/C20H40N2O8/c1-18(22-20(24)30-17-15-28-13-7-11-26-3)8-4-5-9-21-19(23)29-16-14-27-12-6-10-25-2/h18H,4-17H2,1-3H3,(H,21,23)(H,22,24). The fraction of sp³-hybridized carbons (Fsp3) is 0.900. The maximum atomic E-state index is 11.7. The van der Waals surface area contributed by atoms with Crippen LogP contribution in [0.2, 0.25) is 0 Å². The lowest BCUT2D eigenvalue weighted by Crippen LogP contribution is -2.34. The third-order valence-electron chi connectivity index (χ3n) is 3.89. The van der Waals surface area contributed by atoms with Gasteiger partial charge in [0.25, 0.3) is 0 Å². The summed E-state index contributed by atoms with van der Waals surface area (Å²) in [6.45, 7) is 6.09. The zero-order chi connectivity index (χ0) is 22.3. The van der Waals surface area contributed by atoms with Crippen molar-refractivity contribution in [1.29, 1.82) is 0 Å². The smallest absolute Gasteiger partial charge is 0.407 e. The number of methoxy groups -OCH3 is 2. The van der Waals surface area contributed by atoms with Crippen LogP contribution in [0.1, 0.15) is 39.0 Å². The van der Waals surface area contributed by atoms with Crippen molar-refractivity contribution in [2.45, 2.75) is 45.1 Å². The highest BCUT2D eigenvalue weighted by atomic mass is 16.6. The first-order chi connectivity index (χ1) is 14.6. The topological polar surface area (TPSA) is 114 Å². The van der Waals surface area contributed by atoms with Crippen LogP contribution in [-0.4, -0.2) is 91.8 Å². The minimum atomic E-state index is -0.450. The number of ether oxygens (including phenoxy) is 6. The van der Waals surface area contributed by atoms with Crippen LogP contribution in [0.15, 0.2) is 0 Å². The molecule has 2 amide bonds. The third kappa shape index (κ3) is 21.1. The lowest BCUT2D eigenvalue weighted by molar-refractivity contribution is 0.0606. The van der Waals surface area contributed by atoms with Gasteiger partial charge in [-0.1, -0.05) is 0 Å². The van der Waals surface area contributed by atoms with E-state index in [-0.39, 0.29) is 19.3 Å². The van der Waals surface area contributed by atoms with Gasteiger partial charge in [-0.15, -0.1) is 0 Å². The van der Waals surface area contributed by atoms with Crippen molar-refractivity contribution >= 4 is 12.2 Å². The average molecular weight is 437 g/mol. The first-order valence-corrected chi connectivity index (χ1v) is 10.6. The largest absolute Gasteiger partial charge is 0.447 e. The molecule has 178 valence electrons. The van der Waals surface area contributed by atoms with Gasteiger partial charge in [0.2, 0.25) is 0 Å². The SMILES string of the molecule is COCCCOCCOC(=O)NCCCCC(C)NC(=O)OCCOCCCOC. The van der Waals surface area contributed by atoms with E-state index in [1.54, 1.807) is 14.2 Å². The summed E-state index contributed by atoms with van der Waals surface area (Å²) in [7, 11) is 3.29. The van der Waals surface area contributed by atoms with E-state index < -0.39 is 12.2 Å². The minimum absolute atomic E-state index is 0.0117. The molecule has 0 aliphatic rings. The van der Waals surface area contributed by atoms with Gasteiger partial charge < -0.3 is 39.1 Å². The predicted molar refractivity (Wildman–Crippen MR) is 112 cm³/mol. The Hall–Kier alpha value is -1.62. The number of unbranched alkanes of at least 4 members (excludes halogenated alkanes) is 1. The van der Waals surface area contributed by atoms with Crippen LogP contribution in [0.25, 0.3) is 0 Å². The van der Waals surface area contributed by atoms with Crippen molar-refractivity contribution in [1.82, 2.24) is 10.6 Å². The van der Waals surface area contributed by atoms with E-state index in [0.717, 1.165) is 32.1 Å². The second-order valence-corrected chi connectivity index (χ2v) is 6.66. The Morgan fingerprint density at radius 2 is 1.27 bits per heavy atom. The third-order valence-corrected chi connectivity index (χ3v) is 3.89. The number of rotatable bonds is 20. The molecule has 0 fully saturated rings. The molecule has 0 bridgehead atoms. The van der Waals surface area contributed by atoms with Gasteiger partial charge in [-0.3, -0.25) is 0 Å². The van der Waals surface area contributed by atoms with Crippen LogP contribution in [0.3, 0.4) is 0 Å². The number of carbonyl (C=O) groups excluding carboxylic acids is 2. The zero-order valence-electron chi connectivity index (χ0n) is 18.7. The molecule has 0 spiro atoms. The highest BCUT2D eigenvalue weighted by Gasteiger charge is 2.08. The monoisotopic (exact) mass is 436 g/mol. The van der Waals surface area contributed by atoms with Crippen molar-refractivity contribution in [3.8, 4) is 0 Å². The van der Waals surface area contributed by atoms with Crippen molar-refractivity contribution in [2.24, 2.45) is 0 Å². The van der Waals surface area contributed by atoms with Crippen LogP contribution in [0.4, 0.5) is 9.59 Å². The van der Waals surface area contributed by atoms with Crippen LogP contribution in [0, 0.1) is 0 Å². The molecule has 10 heteroatoms. The van der Waals surface area contributed by atoms with Gasteiger partial charge in [0.1, 0.15) is 13.2 Å². The van der Waals surface area contributed by atoms with Crippen molar-refractivity contribution in [2.75, 3.05) is 73.6 Å². The first kappa shape index (κ1) is 28.4. The summed E-state index contributed by atoms with van der Waals surface area (Å²) in [6, 6.07) is -0.0117. The van der Waals surface area contributed by atoms with E-state index in [1.165, 1.54) is 0 Å². The van der Waals surface area contributed by atoms with Gasteiger partial charge in [0, 0.05) is 53.2 Å². The molecule has 0 heterocycles. The molecule has 0 aromatic rings. The molecule has 0 aliphatic heterocycles. The summed E-state index contributed by atoms with van der Waals surface area (Å²) in [6.07, 6.45) is 3.16. The summed E-state index contributed by atoms with van der Waals surface area (Å²) in [5.41, 5.74) is 0. The van der Waals surface area contributed by atoms with Crippen LogP contribution in [0.5, 0.6) is 0 Å². The number of amides is 2. The van der Waals surface area contributed by atoms with E-state index in [1.807, 2.05) is 6.92 Å². The maximum absolute atomic E-state index is 11.7. The number of hydrogen-bond acceptors (Lipinski definition) is 8. The Balaban J connectivity index is 3.43. The quantitative estimate of drug-likeness (QED) is 0.279. The average Bonchev–Trinajstić information content (AvgIpc) is 2.72. The molecule has 0 saturated heterocycles. The molecule has 0 aliphatic carbocycles. The Morgan fingerprint density at radius 1 is 0.700 bits per heavy atom. The summed E-state index contributed by atoms with van der Waals surface area (Å²) in [5, 5.41) is 5.46. The fourth-order valence-electron chi connectivity index (χ4n) is 2.33. The van der Waals surface area contributed by atoms with Gasteiger partial charge >= 0.3 is 12.2 Å². The van der Waals surface area contributed by atoms with Gasteiger partial charge in [-0.2, -0.15) is 0 Å². The van der Waals surface area contributed by atoms with Gasteiger partial charge in [0.15, 0.2) is 0 Å². The lowest BCUT2D eigenvalue weighted by Gasteiger charge is -2.14. The highest BCUT2D eigenvalue weighted by Crippen LogP contribution is 2.00. The molecular formula is C20H40N2O8. The van der Waals surface area contributed by atoms with Crippen molar-refractivity contribution in [3.05, 3.63) is 0 Å². The van der Waals surface area contributed by atoms with Gasteiger partial charge in [-0.25, -0.2) is 9.59 Å². The second kappa shape index (κ2) is 22.1. The van der Waals surface area contributed by atoms with E-state index >= 15 is 0 Å². The number of nitrogens with one attached hydrogen (secondary N) is 2. The number of hydrogen-bond donors (Lipinski definition) is 2. The molecule has 0 radical (unpaired) electrons. The molecule has 2 N–H and O–H groups in total. The molecule has 30 heavy (non-hydrogen) atoms. The Bertz CT molecular complexity index is 412. The molecule has 0 aromatic heterocycles. The molecule has 0 saturated carbocycles. The fourth-order valence-corrected chi connectivity index (χ4v) is 2.33. The number of carbonyl (C=O) groups is 2. The predicted octanol–water partition coefficient (Wildman–Crippen LogP) is 2.10. The summed E-state index contributed by atoms with van der Waals surface area (Å²) >= 11 is 0. The van der Waals surface area contributed by atoms with Gasteiger partial charge in [-0.05, 0) is 39.0 Å². The maximum Gasteiger partial charge on any atom is 0.407 e. The first-order valence-electron chi connectivity index (χ1n) is 10.6. The van der Waals surface area contributed by atoms with E-state index in [2.05, 4.69) is 10.6 Å². The van der Waals surface area contributed by atoms with E-state index in [0.29, 0.717) is 46.2 Å².